The van der Waals surface area contributed by atoms with Crippen LogP contribution in [0.2, 0.25) is 5.02 Å². The van der Waals surface area contributed by atoms with E-state index >= 15 is 0 Å². The largest absolute Gasteiger partial charge is 0.307 e. The summed E-state index contributed by atoms with van der Waals surface area (Å²) in [6, 6.07) is 8.25. The van der Waals surface area contributed by atoms with Gasteiger partial charge in [-0.3, -0.25) is 14.2 Å². The first-order valence-electron chi connectivity index (χ1n) is 7.68. The molecule has 130 valence electrons. The molecule has 0 bridgehead atoms. The van der Waals surface area contributed by atoms with Gasteiger partial charge in [-0.25, -0.2) is 0 Å². The maximum atomic E-state index is 12.2. The zero-order chi connectivity index (χ0) is 18.0. The molecule has 3 rings (SSSR count). The highest BCUT2D eigenvalue weighted by atomic mass is 79.9. The summed E-state index contributed by atoms with van der Waals surface area (Å²) in [6.45, 7) is 4.57. The highest BCUT2D eigenvalue weighted by Crippen LogP contribution is 2.21. The standard InChI is InChI=1S/C17H17BrClN5O/c1-11-3-5-13(6-4-11)8-23-9-14(18)17(22-23)21-16(25)10-24-12(2)15(19)7-20-24/h3-7,9H,8,10H2,1-2H3,(H,21,22,25). The summed E-state index contributed by atoms with van der Waals surface area (Å²) < 4.78 is 4.05. The Morgan fingerprint density at radius 1 is 1.28 bits per heavy atom. The average molecular weight is 423 g/mol. The zero-order valence-corrected chi connectivity index (χ0v) is 16.2. The molecule has 3 aromatic rings. The molecule has 0 fully saturated rings. The Morgan fingerprint density at radius 2 is 2.00 bits per heavy atom. The minimum Gasteiger partial charge on any atom is -0.307 e. The third-order valence-electron chi connectivity index (χ3n) is 3.78. The van der Waals surface area contributed by atoms with E-state index < -0.39 is 0 Å². The molecule has 0 unspecified atom stereocenters. The van der Waals surface area contributed by atoms with Gasteiger partial charge in [-0.2, -0.15) is 10.2 Å². The van der Waals surface area contributed by atoms with Crippen molar-refractivity contribution in [2.45, 2.75) is 26.9 Å². The molecular formula is C17H17BrClN5O. The lowest BCUT2D eigenvalue weighted by Gasteiger charge is -2.05. The van der Waals surface area contributed by atoms with Gasteiger partial charge in [-0.05, 0) is 35.3 Å². The molecule has 2 aromatic heterocycles. The number of nitrogens with zero attached hydrogens (tertiary/aromatic N) is 4. The van der Waals surface area contributed by atoms with E-state index in [0.717, 1.165) is 15.7 Å². The van der Waals surface area contributed by atoms with Crippen LogP contribution in [-0.2, 0) is 17.9 Å². The van der Waals surface area contributed by atoms with Crippen LogP contribution in [0.4, 0.5) is 5.82 Å². The van der Waals surface area contributed by atoms with Crippen molar-refractivity contribution in [1.29, 1.82) is 0 Å². The molecule has 0 saturated carbocycles. The molecule has 0 aliphatic carbocycles. The summed E-state index contributed by atoms with van der Waals surface area (Å²) in [5, 5.41) is 11.8. The van der Waals surface area contributed by atoms with Crippen LogP contribution in [0.5, 0.6) is 0 Å². The Morgan fingerprint density at radius 3 is 2.64 bits per heavy atom. The van der Waals surface area contributed by atoms with Crippen molar-refractivity contribution in [3.63, 3.8) is 0 Å². The minimum atomic E-state index is -0.218. The Labute approximate surface area is 158 Å². The van der Waals surface area contributed by atoms with E-state index in [2.05, 4.69) is 62.6 Å². The maximum Gasteiger partial charge on any atom is 0.247 e. The number of hydrogen-bond donors (Lipinski definition) is 1. The first kappa shape index (κ1) is 17.7. The fourth-order valence-electron chi connectivity index (χ4n) is 2.33. The van der Waals surface area contributed by atoms with Gasteiger partial charge >= 0.3 is 0 Å². The number of benzene rings is 1. The Hall–Kier alpha value is -2.12. The molecule has 1 aromatic carbocycles. The molecule has 0 spiro atoms. The van der Waals surface area contributed by atoms with Crippen LogP contribution in [0.15, 0.2) is 41.1 Å². The molecule has 8 heteroatoms. The highest BCUT2D eigenvalue weighted by molar-refractivity contribution is 9.10. The van der Waals surface area contributed by atoms with E-state index in [1.165, 1.54) is 11.8 Å². The van der Waals surface area contributed by atoms with E-state index in [4.69, 9.17) is 11.6 Å². The summed E-state index contributed by atoms with van der Waals surface area (Å²) in [7, 11) is 0. The summed E-state index contributed by atoms with van der Waals surface area (Å²) >= 11 is 9.38. The molecule has 1 amide bonds. The summed E-state index contributed by atoms with van der Waals surface area (Å²) in [5.74, 6) is 0.261. The maximum absolute atomic E-state index is 12.2. The van der Waals surface area contributed by atoms with Crippen LogP contribution < -0.4 is 5.32 Å². The predicted molar refractivity (Wildman–Crippen MR) is 101 cm³/mol. The average Bonchev–Trinajstić information content (AvgIpc) is 3.06. The molecule has 2 heterocycles. The number of hydrogen-bond acceptors (Lipinski definition) is 3. The SMILES string of the molecule is Cc1ccc(Cn2cc(Br)c(NC(=O)Cn3ncc(Cl)c3C)n2)cc1. The van der Waals surface area contributed by atoms with E-state index in [1.54, 1.807) is 9.36 Å². The predicted octanol–water partition coefficient (Wildman–Crippen LogP) is 3.80. The highest BCUT2D eigenvalue weighted by Gasteiger charge is 2.13. The van der Waals surface area contributed by atoms with Gasteiger partial charge in [0.15, 0.2) is 5.82 Å². The fourth-order valence-corrected chi connectivity index (χ4v) is 2.89. The van der Waals surface area contributed by atoms with Crippen molar-refractivity contribution >= 4 is 39.3 Å². The third kappa shape index (κ3) is 4.29. The second-order valence-corrected chi connectivity index (χ2v) is 7.05. The van der Waals surface area contributed by atoms with Crippen LogP contribution >= 0.6 is 27.5 Å². The van der Waals surface area contributed by atoms with Gasteiger partial charge in [0.1, 0.15) is 6.54 Å². The van der Waals surface area contributed by atoms with Gasteiger partial charge < -0.3 is 5.32 Å². The number of rotatable bonds is 5. The third-order valence-corrected chi connectivity index (χ3v) is 4.73. The lowest BCUT2D eigenvalue weighted by Crippen LogP contribution is -2.20. The number of anilines is 1. The molecule has 0 aliphatic rings. The van der Waals surface area contributed by atoms with E-state index in [-0.39, 0.29) is 12.5 Å². The number of carbonyl (C=O) groups excluding carboxylic acids is 1. The van der Waals surface area contributed by atoms with Gasteiger partial charge in [0, 0.05) is 6.20 Å². The molecule has 0 saturated heterocycles. The number of aryl methyl sites for hydroxylation is 1. The second kappa shape index (κ2) is 7.41. The monoisotopic (exact) mass is 421 g/mol. The molecule has 0 radical (unpaired) electrons. The number of nitrogens with one attached hydrogen (secondary N) is 1. The minimum absolute atomic E-state index is 0.0792. The van der Waals surface area contributed by atoms with E-state index in [9.17, 15) is 4.79 Å². The van der Waals surface area contributed by atoms with Crippen molar-refractivity contribution in [1.82, 2.24) is 19.6 Å². The molecule has 0 atom stereocenters. The smallest absolute Gasteiger partial charge is 0.247 e. The number of aromatic nitrogens is 4. The topological polar surface area (TPSA) is 64.7 Å². The molecule has 25 heavy (non-hydrogen) atoms. The summed E-state index contributed by atoms with van der Waals surface area (Å²) in [6.07, 6.45) is 3.36. The van der Waals surface area contributed by atoms with E-state index in [1.807, 2.05) is 13.1 Å². The summed E-state index contributed by atoms with van der Waals surface area (Å²) in [5.41, 5.74) is 3.11. The Kier molecular flexibility index (Phi) is 5.24. The van der Waals surface area contributed by atoms with Crippen molar-refractivity contribution < 1.29 is 4.79 Å². The van der Waals surface area contributed by atoms with Crippen LogP contribution in [0.25, 0.3) is 0 Å². The van der Waals surface area contributed by atoms with Crippen LogP contribution in [0, 0.1) is 13.8 Å². The van der Waals surface area contributed by atoms with Gasteiger partial charge in [0.25, 0.3) is 0 Å². The zero-order valence-electron chi connectivity index (χ0n) is 13.8. The van der Waals surface area contributed by atoms with Gasteiger partial charge in [0.05, 0.1) is 27.9 Å². The Bertz CT molecular complexity index is 900. The molecule has 0 aliphatic heterocycles. The van der Waals surface area contributed by atoms with Crippen molar-refractivity contribution in [2.24, 2.45) is 0 Å². The van der Waals surface area contributed by atoms with Crippen molar-refractivity contribution in [3.8, 4) is 0 Å². The van der Waals surface area contributed by atoms with Crippen LogP contribution in [0.3, 0.4) is 0 Å². The van der Waals surface area contributed by atoms with Gasteiger partial charge in [-0.15, -0.1) is 0 Å². The normalized spacial score (nSPS) is 10.9. The number of halogens is 2. The molecule has 1 N–H and O–H groups in total. The number of amides is 1. The lowest BCUT2D eigenvalue weighted by molar-refractivity contribution is -0.117. The first-order valence-corrected chi connectivity index (χ1v) is 8.85. The van der Waals surface area contributed by atoms with Crippen LogP contribution in [-0.4, -0.2) is 25.5 Å². The lowest BCUT2D eigenvalue weighted by atomic mass is 10.1. The summed E-state index contributed by atoms with van der Waals surface area (Å²) in [4.78, 5) is 12.2. The van der Waals surface area contributed by atoms with E-state index in [0.29, 0.717) is 17.4 Å². The fraction of sp³-hybridized carbons (Fsp3) is 0.235. The molecular weight excluding hydrogens is 406 g/mol. The van der Waals surface area contributed by atoms with Gasteiger partial charge in [-0.1, -0.05) is 41.4 Å². The first-order chi connectivity index (χ1) is 11.9. The molecule has 6 nitrogen and oxygen atoms in total. The Balaban J connectivity index is 1.66. The second-order valence-electron chi connectivity index (χ2n) is 5.79. The quantitative estimate of drug-likeness (QED) is 0.680. The number of carbonyl (C=O) groups is 1. The van der Waals surface area contributed by atoms with Crippen LogP contribution in [0.1, 0.15) is 16.8 Å². The van der Waals surface area contributed by atoms with Crippen molar-refractivity contribution in [3.05, 3.63) is 63.0 Å². The van der Waals surface area contributed by atoms with Crippen molar-refractivity contribution in [2.75, 3.05) is 5.32 Å². The van der Waals surface area contributed by atoms with Gasteiger partial charge in [0.2, 0.25) is 5.91 Å².